The first-order valence-electron chi connectivity index (χ1n) is 11.5. The zero-order valence-corrected chi connectivity index (χ0v) is 20.2. The molecule has 3 heterocycles. The highest BCUT2D eigenvalue weighted by atomic mass is 32.2. The van der Waals surface area contributed by atoms with Crippen LogP contribution in [0.5, 0.6) is 5.75 Å². The molecule has 35 heavy (non-hydrogen) atoms. The van der Waals surface area contributed by atoms with Gasteiger partial charge in [0.25, 0.3) is 5.91 Å². The number of aromatic nitrogens is 1. The quantitative estimate of drug-likeness (QED) is 0.513. The average molecular weight is 501 g/mol. The van der Waals surface area contributed by atoms with E-state index in [9.17, 15) is 22.8 Å². The molecule has 0 spiro atoms. The van der Waals surface area contributed by atoms with Crippen molar-refractivity contribution in [1.82, 2.24) is 19.5 Å². The van der Waals surface area contributed by atoms with Gasteiger partial charge >= 0.3 is 0 Å². The first kappa shape index (κ1) is 24.8. The Balaban J connectivity index is 1.26. The number of Topliss-reactive ketones (excluding diaryl/α,β-unsaturated/α-hetero) is 1. The highest BCUT2D eigenvalue weighted by molar-refractivity contribution is 7.89. The number of sulfonamides is 1. The lowest BCUT2D eigenvalue weighted by Gasteiger charge is -2.24. The summed E-state index contributed by atoms with van der Waals surface area (Å²) in [5, 5.41) is 2.82. The molecule has 2 fully saturated rings. The fourth-order valence-electron chi connectivity index (χ4n) is 4.60. The molecule has 11 heteroatoms. The number of rotatable bonds is 9. The Hall–Kier alpha value is -3.31. The Morgan fingerprint density at radius 1 is 1.17 bits per heavy atom. The number of hydrogen-bond donors (Lipinski definition) is 1. The monoisotopic (exact) mass is 500 g/mol. The van der Waals surface area contributed by atoms with Crippen LogP contribution in [0.15, 0.2) is 53.7 Å². The zero-order valence-electron chi connectivity index (χ0n) is 19.4. The Kier molecular flexibility index (Phi) is 7.46. The first-order chi connectivity index (χ1) is 16.8. The predicted octanol–water partition coefficient (Wildman–Crippen LogP) is 1.23. The maximum atomic E-state index is 13.0. The standard InChI is InChI=1S/C24H28N4O6S/c1-34-18-9-7-17(8-10-18)24(31)26-13-3-2-6-22(30)27-14-11-20-23(27)21(29)16-28(20)35(32,33)19-5-4-12-25-15-19/h4-5,7-10,12,15,20,23H,2-3,6,11,13-14,16H2,1H3,(H,26,31). The predicted molar refractivity (Wildman–Crippen MR) is 126 cm³/mol. The van der Waals surface area contributed by atoms with Crippen LogP contribution < -0.4 is 10.1 Å². The number of likely N-dealkylation sites (tertiary alicyclic amines) is 1. The number of unbranched alkanes of at least 4 members (excludes halogenated alkanes) is 1. The van der Waals surface area contributed by atoms with Gasteiger partial charge in [0, 0.05) is 37.5 Å². The molecule has 2 unspecified atom stereocenters. The van der Waals surface area contributed by atoms with Crippen molar-refractivity contribution in [2.45, 2.75) is 42.7 Å². The van der Waals surface area contributed by atoms with E-state index in [-0.39, 0.29) is 35.5 Å². The van der Waals surface area contributed by atoms with E-state index in [4.69, 9.17) is 4.74 Å². The summed E-state index contributed by atoms with van der Waals surface area (Å²) in [4.78, 5) is 43.2. The van der Waals surface area contributed by atoms with Gasteiger partial charge in [-0.3, -0.25) is 19.4 Å². The molecular formula is C24H28N4O6S. The van der Waals surface area contributed by atoms with Crippen molar-refractivity contribution < 1.29 is 27.5 Å². The summed E-state index contributed by atoms with van der Waals surface area (Å²) in [5.74, 6) is 0.0311. The number of carbonyl (C=O) groups is 3. The van der Waals surface area contributed by atoms with Crippen LogP contribution in [-0.2, 0) is 19.6 Å². The highest BCUT2D eigenvalue weighted by Gasteiger charge is 2.53. The van der Waals surface area contributed by atoms with Crippen LogP contribution in [0, 0.1) is 0 Å². The second kappa shape index (κ2) is 10.5. The summed E-state index contributed by atoms with van der Waals surface area (Å²) in [6, 6.07) is 8.46. The molecule has 0 bridgehead atoms. The molecule has 1 N–H and O–H groups in total. The molecule has 2 saturated heterocycles. The minimum atomic E-state index is -3.87. The summed E-state index contributed by atoms with van der Waals surface area (Å²) < 4.78 is 32.3. The molecule has 2 amide bonds. The van der Waals surface area contributed by atoms with Crippen LogP contribution in [0.4, 0.5) is 0 Å². The lowest BCUT2D eigenvalue weighted by molar-refractivity contribution is -0.136. The third-order valence-electron chi connectivity index (χ3n) is 6.39. The van der Waals surface area contributed by atoms with E-state index in [1.165, 1.54) is 33.7 Å². The normalized spacial score (nSPS) is 20.0. The summed E-state index contributed by atoms with van der Waals surface area (Å²) in [6.45, 7) is 0.515. The second-order valence-corrected chi connectivity index (χ2v) is 10.4. The number of methoxy groups -OCH3 is 1. The van der Waals surface area contributed by atoms with Gasteiger partial charge in [0.2, 0.25) is 15.9 Å². The van der Waals surface area contributed by atoms with E-state index in [2.05, 4.69) is 10.3 Å². The van der Waals surface area contributed by atoms with Crippen LogP contribution in [0.1, 0.15) is 36.0 Å². The topological polar surface area (TPSA) is 126 Å². The van der Waals surface area contributed by atoms with Gasteiger partial charge < -0.3 is 15.0 Å². The van der Waals surface area contributed by atoms with E-state index < -0.39 is 22.1 Å². The van der Waals surface area contributed by atoms with E-state index in [1.807, 2.05) is 0 Å². The fourth-order valence-corrected chi connectivity index (χ4v) is 6.19. The summed E-state index contributed by atoms with van der Waals surface area (Å²) in [5.41, 5.74) is 0.524. The zero-order chi connectivity index (χ0) is 25.0. The van der Waals surface area contributed by atoms with Gasteiger partial charge in [0.15, 0.2) is 5.78 Å². The smallest absolute Gasteiger partial charge is 0.251 e. The van der Waals surface area contributed by atoms with Crippen molar-refractivity contribution in [2.24, 2.45) is 0 Å². The van der Waals surface area contributed by atoms with Gasteiger partial charge in [-0.2, -0.15) is 4.31 Å². The molecule has 10 nitrogen and oxygen atoms in total. The van der Waals surface area contributed by atoms with Gasteiger partial charge in [0.05, 0.1) is 19.7 Å². The first-order valence-corrected chi connectivity index (χ1v) is 12.9. The molecule has 2 atom stereocenters. The van der Waals surface area contributed by atoms with E-state index in [0.29, 0.717) is 43.7 Å². The summed E-state index contributed by atoms with van der Waals surface area (Å²) >= 11 is 0. The van der Waals surface area contributed by atoms with Crippen LogP contribution >= 0.6 is 0 Å². The molecule has 2 aromatic rings. The number of benzene rings is 1. The van der Waals surface area contributed by atoms with Gasteiger partial charge in [-0.15, -0.1) is 0 Å². The van der Waals surface area contributed by atoms with Gasteiger partial charge in [-0.1, -0.05) is 0 Å². The van der Waals surface area contributed by atoms with Crippen molar-refractivity contribution in [2.75, 3.05) is 26.7 Å². The second-order valence-electron chi connectivity index (χ2n) is 8.53. The largest absolute Gasteiger partial charge is 0.497 e. The van der Waals surface area contributed by atoms with E-state index in [0.717, 1.165) is 0 Å². The van der Waals surface area contributed by atoms with Gasteiger partial charge in [-0.05, 0) is 55.7 Å². The number of nitrogens with one attached hydrogen (secondary N) is 1. The molecule has 0 radical (unpaired) electrons. The molecular weight excluding hydrogens is 472 g/mol. The number of ketones is 1. The van der Waals surface area contributed by atoms with Gasteiger partial charge in [-0.25, -0.2) is 8.42 Å². The molecule has 0 saturated carbocycles. The SMILES string of the molecule is COc1ccc(C(=O)NCCCCC(=O)N2CCC3C2C(=O)CN3S(=O)(=O)c2cccnc2)cc1. The maximum absolute atomic E-state index is 13.0. The number of carbonyl (C=O) groups excluding carboxylic acids is 3. The van der Waals surface area contributed by atoms with Crippen LogP contribution in [0.25, 0.3) is 0 Å². The Morgan fingerprint density at radius 3 is 2.63 bits per heavy atom. The Labute approximate surface area is 204 Å². The number of fused-ring (bicyclic) bond motifs is 1. The van der Waals surface area contributed by atoms with Crippen molar-refractivity contribution in [1.29, 1.82) is 0 Å². The molecule has 186 valence electrons. The minimum Gasteiger partial charge on any atom is -0.497 e. The van der Waals surface area contributed by atoms with Crippen molar-refractivity contribution in [3.05, 3.63) is 54.4 Å². The lowest BCUT2D eigenvalue weighted by atomic mass is 10.1. The van der Waals surface area contributed by atoms with Crippen LogP contribution in [-0.4, -0.2) is 79.0 Å². The van der Waals surface area contributed by atoms with E-state index >= 15 is 0 Å². The third-order valence-corrected chi connectivity index (χ3v) is 8.25. The Morgan fingerprint density at radius 2 is 1.94 bits per heavy atom. The fraction of sp³-hybridized carbons (Fsp3) is 0.417. The average Bonchev–Trinajstić information content (AvgIpc) is 3.45. The van der Waals surface area contributed by atoms with Crippen molar-refractivity contribution in [3.63, 3.8) is 0 Å². The molecule has 0 aliphatic carbocycles. The number of nitrogens with zero attached hydrogens (tertiary/aromatic N) is 3. The molecule has 2 aliphatic rings. The summed E-state index contributed by atoms with van der Waals surface area (Å²) in [7, 11) is -2.31. The number of hydrogen-bond acceptors (Lipinski definition) is 7. The summed E-state index contributed by atoms with van der Waals surface area (Å²) in [6.07, 6.45) is 4.53. The van der Waals surface area contributed by atoms with Crippen molar-refractivity contribution >= 4 is 27.6 Å². The Bertz CT molecular complexity index is 1190. The highest BCUT2D eigenvalue weighted by Crippen LogP contribution is 2.34. The number of amides is 2. The number of ether oxygens (including phenoxy) is 1. The van der Waals surface area contributed by atoms with Crippen LogP contribution in [0.2, 0.25) is 0 Å². The van der Waals surface area contributed by atoms with Gasteiger partial charge in [0.1, 0.15) is 16.7 Å². The lowest BCUT2D eigenvalue weighted by Crippen LogP contribution is -2.43. The molecule has 2 aliphatic heterocycles. The maximum Gasteiger partial charge on any atom is 0.251 e. The van der Waals surface area contributed by atoms with E-state index in [1.54, 1.807) is 31.4 Å². The minimum absolute atomic E-state index is 0.0370. The molecule has 4 rings (SSSR count). The third kappa shape index (κ3) is 5.20. The number of pyridine rings is 1. The molecule has 1 aromatic heterocycles. The van der Waals surface area contributed by atoms with Crippen LogP contribution in [0.3, 0.4) is 0 Å². The molecule has 1 aromatic carbocycles. The van der Waals surface area contributed by atoms with Crippen molar-refractivity contribution in [3.8, 4) is 5.75 Å².